The van der Waals surface area contributed by atoms with E-state index in [1.807, 2.05) is 30.3 Å². The lowest BCUT2D eigenvalue weighted by Crippen LogP contribution is -2.43. The van der Waals surface area contributed by atoms with Crippen molar-refractivity contribution in [1.29, 1.82) is 0 Å². The number of esters is 1. The highest BCUT2D eigenvalue weighted by atomic mass is 35.5. The van der Waals surface area contributed by atoms with Gasteiger partial charge in [0.2, 0.25) is 0 Å². The fourth-order valence-corrected chi connectivity index (χ4v) is 4.06. The third-order valence-electron chi connectivity index (χ3n) is 5.85. The van der Waals surface area contributed by atoms with Crippen LogP contribution in [0, 0.1) is 5.92 Å². The summed E-state index contributed by atoms with van der Waals surface area (Å²) in [6, 6.07) is 22.3. The molecule has 35 heavy (non-hydrogen) atoms. The van der Waals surface area contributed by atoms with Gasteiger partial charge < -0.3 is 15.4 Å². The maximum Gasteiger partial charge on any atom is 0.328 e. The molecule has 0 spiro atoms. The lowest BCUT2D eigenvalue weighted by Gasteiger charge is -2.17. The number of nitrogens with one attached hydrogen (secondary N) is 2. The van der Waals surface area contributed by atoms with E-state index in [-0.39, 0.29) is 0 Å². The third-order valence-corrected chi connectivity index (χ3v) is 6.18. The Morgan fingerprint density at radius 1 is 0.943 bits per heavy atom. The second-order valence-corrected chi connectivity index (χ2v) is 9.35. The van der Waals surface area contributed by atoms with Crippen molar-refractivity contribution in [3.63, 3.8) is 0 Å². The van der Waals surface area contributed by atoms with Gasteiger partial charge in [-0.1, -0.05) is 86.1 Å². The van der Waals surface area contributed by atoms with E-state index in [2.05, 4.69) is 42.7 Å². The summed E-state index contributed by atoms with van der Waals surface area (Å²) >= 11 is 6.14. The van der Waals surface area contributed by atoms with Crippen LogP contribution in [0.3, 0.4) is 0 Å². The number of carbonyl (C=O) groups is 2. The molecule has 1 amide bonds. The van der Waals surface area contributed by atoms with Crippen LogP contribution in [-0.2, 0) is 22.5 Å². The van der Waals surface area contributed by atoms with Crippen molar-refractivity contribution in [2.75, 3.05) is 13.7 Å². The Bertz CT molecular complexity index is 1130. The maximum atomic E-state index is 12.7. The summed E-state index contributed by atoms with van der Waals surface area (Å²) in [5.74, 6) is -0.248. The Morgan fingerprint density at radius 2 is 1.63 bits per heavy atom. The fraction of sp³-hybridized carbons (Fsp3) is 0.310. The quantitative estimate of drug-likeness (QED) is 0.268. The van der Waals surface area contributed by atoms with E-state index in [4.69, 9.17) is 16.3 Å². The predicted molar refractivity (Wildman–Crippen MR) is 141 cm³/mol. The number of hydrogen-bond donors (Lipinski definition) is 2. The molecule has 0 aliphatic rings. The minimum atomic E-state index is -0.827. The Kier molecular flexibility index (Phi) is 9.88. The molecule has 5 nitrogen and oxygen atoms in total. The molecule has 6 heteroatoms. The number of carbonyl (C=O) groups excluding carboxylic acids is 2. The molecule has 0 unspecified atom stereocenters. The summed E-state index contributed by atoms with van der Waals surface area (Å²) in [5, 5.41) is 6.62. The molecule has 0 bridgehead atoms. The second-order valence-electron chi connectivity index (χ2n) is 8.95. The monoisotopic (exact) mass is 492 g/mol. The zero-order valence-corrected chi connectivity index (χ0v) is 21.3. The molecule has 0 radical (unpaired) electrons. The van der Waals surface area contributed by atoms with Crippen LogP contribution in [0.1, 0.15) is 41.8 Å². The van der Waals surface area contributed by atoms with Crippen molar-refractivity contribution in [2.45, 2.75) is 39.3 Å². The fourth-order valence-electron chi connectivity index (χ4n) is 3.84. The summed E-state index contributed by atoms with van der Waals surface area (Å²) < 4.78 is 4.93. The number of rotatable bonds is 11. The third kappa shape index (κ3) is 7.67. The minimum absolute atomic E-state index is 0.307. The molecule has 0 saturated heterocycles. The molecule has 2 N–H and O–H groups in total. The largest absolute Gasteiger partial charge is 0.467 e. The van der Waals surface area contributed by atoms with Crippen LogP contribution >= 0.6 is 11.6 Å². The van der Waals surface area contributed by atoms with E-state index < -0.39 is 17.9 Å². The van der Waals surface area contributed by atoms with Gasteiger partial charge in [-0.2, -0.15) is 0 Å². The first-order valence-corrected chi connectivity index (χ1v) is 12.3. The molecule has 0 fully saturated rings. The number of amides is 1. The van der Waals surface area contributed by atoms with Gasteiger partial charge in [-0.15, -0.1) is 0 Å². The molecular weight excluding hydrogens is 460 g/mol. The van der Waals surface area contributed by atoms with Crippen molar-refractivity contribution < 1.29 is 14.3 Å². The molecule has 0 aromatic heterocycles. The highest BCUT2D eigenvalue weighted by Crippen LogP contribution is 2.25. The topological polar surface area (TPSA) is 67.4 Å². The molecular formula is C29H33ClN2O3. The van der Waals surface area contributed by atoms with Crippen LogP contribution in [0.2, 0.25) is 5.02 Å². The van der Waals surface area contributed by atoms with Gasteiger partial charge in [0.05, 0.1) is 17.7 Å². The molecule has 184 valence electrons. The van der Waals surface area contributed by atoms with Crippen LogP contribution < -0.4 is 10.6 Å². The lowest BCUT2D eigenvalue weighted by molar-refractivity contribution is -0.142. The van der Waals surface area contributed by atoms with Crippen molar-refractivity contribution in [3.05, 3.63) is 94.5 Å². The molecule has 1 atom stereocenters. The standard InChI is InChI=1S/C29H33ClN2O3/c1-20(2)16-17-31-19-23-8-4-5-9-24(23)22-14-12-21(13-15-22)18-27(29(34)35-3)32-28(33)25-10-6-7-11-26(25)30/h4-15,20,27,31H,16-19H2,1-3H3,(H,32,33)/t27-/m0/s1. The zero-order chi connectivity index (χ0) is 25.2. The van der Waals surface area contributed by atoms with Crippen LogP contribution in [0.15, 0.2) is 72.8 Å². The van der Waals surface area contributed by atoms with Crippen LogP contribution in [0.4, 0.5) is 0 Å². The van der Waals surface area contributed by atoms with Gasteiger partial charge >= 0.3 is 5.97 Å². The summed E-state index contributed by atoms with van der Waals surface area (Å²) in [6.07, 6.45) is 1.45. The highest BCUT2D eigenvalue weighted by molar-refractivity contribution is 6.33. The first-order chi connectivity index (χ1) is 16.9. The van der Waals surface area contributed by atoms with E-state index in [1.165, 1.54) is 18.2 Å². The van der Waals surface area contributed by atoms with Gasteiger partial charge in [0.1, 0.15) is 6.04 Å². The molecule has 0 aliphatic heterocycles. The van der Waals surface area contributed by atoms with E-state index in [0.717, 1.165) is 30.6 Å². The first-order valence-electron chi connectivity index (χ1n) is 11.9. The Balaban J connectivity index is 1.71. The van der Waals surface area contributed by atoms with E-state index in [1.54, 1.807) is 24.3 Å². The zero-order valence-electron chi connectivity index (χ0n) is 20.5. The molecule has 0 heterocycles. The number of halogens is 1. The summed E-state index contributed by atoms with van der Waals surface area (Å²) in [6.45, 7) is 6.25. The lowest BCUT2D eigenvalue weighted by atomic mass is 9.97. The van der Waals surface area contributed by atoms with E-state index in [9.17, 15) is 9.59 Å². The molecule has 3 rings (SSSR count). The predicted octanol–water partition coefficient (Wildman–Crippen LogP) is 5.66. The van der Waals surface area contributed by atoms with Gasteiger partial charge in [0.15, 0.2) is 0 Å². The van der Waals surface area contributed by atoms with Crippen molar-refractivity contribution in [2.24, 2.45) is 5.92 Å². The molecule has 3 aromatic rings. The molecule has 0 aliphatic carbocycles. The van der Waals surface area contributed by atoms with Crippen LogP contribution in [0.5, 0.6) is 0 Å². The number of hydrogen-bond acceptors (Lipinski definition) is 4. The minimum Gasteiger partial charge on any atom is -0.467 e. The maximum absolute atomic E-state index is 12.7. The normalized spacial score (nSPS) is 11.8. The Labute approximate surface area is 212 Å². The van der Waals surface area contributed by atoms with E-state index >= 15 is 0 Å². The van der Waals surface area contributed by atoms with Gasteiger partial charge in [-0.25, -0.2) is 4.79 Å². The smallest absolute Gasteiger partial charge is 0.328 e. The average Bonchev–Trinajstić information content (AvgIpc) is 2.86. The summed E-state index contributed by atoms with van der Waals surface area (Å²) in [5.41, 5.74) is 4.74. The SMILES string of the molecule is COC(=O)[C@H](Cc1ccc(-c2ccccc2CNCCC(C)C)cc1)NC(=O)c1ccccc1Cl. The Morgan fingerprint density at radius 3 is 2.31 bits per heavy atom. The van der Waals surface area contributed by atoms with Crippen molar-refractivity contribution in [3.8, 4) is 11.1 Å². The second kappa shape index (κ2) is 13.1. The number of ether oxygens (including phenoxy) is 1. The van der Waals surface area contributed by atoms with Gasteiger partial charge in [-0.05, 0) is 53.3 Å². The molecule has 0 saturated carbocycles. The number of methoxy groups -OCH3 is 1. The van der Waals surface area contributed by atoms with Gasteiger partial charge in [-0.3, -0.25) is 4.79 Å². The highest BCUT2D eigenvalue weighted by Gasteiger charge is 2.23. The van der Waals surface area contributed by atoms with Gasteiger partial charge in [0, 0.05) is 13.0 Å². The number of benzene rings is 3. The Hall–Kier alpha value is -3.15. The van der Waals surface area contributed by atoms with Gasteiger partial charge in [0.25, 0.3) is 5.91 Å². The van der Waals surface area contributed by atoms with Crippen molar-refractivity contribution >= 4 is 23.5 Å². The van der Waals surface area contributed by atoms with Crippen LogP contribution in [0.25, 0.3) is 11.1 Å². The summed E-state index contributed by atoms with van der Waals surface area (Å²) in [7, 11) is 1.31. The molecule has 3 aromatic carbocycles. The van der Waals surface area contributed by atoms with E-state index in [0.29, 0.717) is 22.9 Å². The average molecular weight is 493 g/mol. The summed E-state index contributed by atoms with van der Waals surface area (Å²) in [4.78, 5) is 25.1. The van der Waals surface area contributed by atoms with Crippen LogP contribution in [-0.4, -0.2) is 31.6 Å². The van der Waals surface area contributed by atoms with Crippen molar-refractivity contribution in [1.82, 2.24) is 10.6 Å². The first kappa shape index (κ1) is 26.5.